The molecule has 0 fully saturated rings. The van der Waals surface area contributed by atoms with E-state index in [4.69, 9.17) is 4.42 Å². The maximum Gasteiger partial charge on any atom is 0.419 e. The van der Waals surface area contributed by atoms with Gasteiger partial charge in [0, 0.05) is 30.6 Å². The fourth-order valence-electron chi connectivity index (χ4n) is 3.13. The lowest BCUT2D eigenvalue weighted by Gasteiger charge is -2.13. The summed E-state index contributed by atoms with van der Waals surface area (Å²) in [5.41, 5.74) is 1.82. The SMILES string of the molecule is CC(C)(C)c1cc(NC(=O)CCn2c(=O)oc3ccccc32)n(-c2ccccn2)n1. The van der Waals surface area contributed by atoms with E-state index in [0.717, 1.165) is 5.69 Å². The molecule has 1 amide bonds. The van der Waals surface area contributed by atoms with E-state index < -0.39 is 5.76 Å². The summed E-state index contributed by atoms with van der Waals surface area (Å²) in [6.07, 6.45) is 1.79. The average molecular weight is 405 g/mol. The molecule has 0 aliphatic heterocycles. The first-order chi connectivity index (χ1) is 14.3. The number of fused-ring (bicyclic) bond motifs is 1. The highest BCUT2D eigenvalue weighted by atomic mass is 16.4. The number of anilines is 1. The van der Waals surface area contributed by atoms with Crippen LogP contribution in [0.15, 0.2) is 63.9 Å². The summed E-state index contributed by atoms with van der Waals surface area (Å²) in [4.78, 5) is 29.1. The molecule has 4 rings (SSSR count). The number of rotatable bonds is 5. The van der Waals surface area contributed by atoms with Gasteiger partial charge >= 0.3 is 5.76 Å². The van der Waals surface area contributed by atoms with Gasteiger partial charge in [-0.2, -0.15) is 9.78 Å². The molecule has 8 heteroatoms. The minimum atomic E-state index is -0.474. The maximum absolute atomic E-state index is 12.7. The van der Waals surface area contributed by atoms with Crippen LogP contribution in [0.4, 0.5) is 5.82 Å². The third-order valence-electron chi connectivity index (χ3n) is 4.75. The Morgan fingerprint density at radius 2 is 1.90 bits per heavy atom. The van der Waals surface area contributed by atoms with Gasteiger partial charge in [-0.3, -0.25) is 9.36 Å². The second-order valence-electron chi connectivity index (χ2n) is 8.05. The zero-order chi connectivity index (χ0) is 21.3. The van der Waals surface area contributed by atoms with Crippen LogP contribution < -0.4 is 11.1 Å². The molecule has 0 spiro atoms. The lowest BCUT2D eigenvalue weighted by atomic mass is 9.92. The van der Waals surface area contributed by atoms with Crippen LogP contribution in [0.5, 0.6) is 0 Å². The standard InChI is InChI=1S/C22H23N5O3/c1-22(2,3)17-14-19(27(25-17)18-10-6-7-12-23-18)24-20(28)11-13-26-15-8-4-5-9-16(15)30-21(26)29/h4-10,12,14H,11,13H2,1-3H3,(H,24,28). The number of pyridine rings is 1. The van der Waals surface area contributed by atoms with Gasteiger partial charge in [-0.05, 0) is 24.3 Å². The molecule has 1 N–H and O–H groups in total. The first kappa shape index (κ1) is 19.6. The molecule has 0 saturated carbocycles. The molecular weight excluding hydrogens is 382 g/mol. The van der Waals surface area contributed by atoms with E-state index in [0.29, 0.717) is 22.7 Å². The molecule has 0 saturated heterocycles. The van der Waals surface area contributed by atoms with E-state index in [-0.39, 0.29) is 24.3 Å². The number of hydrogen-bond acceptors (Lipinski definition) is 5. The lowest BCUT2D eigenvalue weighted by Crippen LogP contribution is -2.21. The Bertz CT molecular complexity index is 1250. The Morgan fingerprint density at radius 3 is 2.63 bits per heavy atom. The highest BCUT2D eigenvalue weighted by Crippen LogP contribution is 2.26. The molecule has 3 heterocycles. The number of carbonyl (C=O) groups excluding carboxylic acids is 1. The molecule has 0 bridgehead atoms. The summed E-state index contributed by atoms with van der Waals surface area (Å²) in [5.74, 6) is 0.440. The lowest BCUT2D eigenvalue weighted by molar-refractivity contribution is -0.116. The van der Waals surface area contributed by atoms with Gasteiger partial charge in [-0.25, -0.2) is 9.78 Å². The van der Waals surface area contributed by atoms with Crippen LogP contribution in [0, 0.1) is 0 Å². The Morgan fingerprint density at radius 1 is 1.13 bits per heavy atom. The smallest absolute Gasteiger partial charge is 0.408 e. The molecule has 1 aromatic carbocycles. The van der Waals surface area contributed by atoms with Gasteiger partial charge in [-0.15, -0.1) is 0 Å². The first-order valence-electron chi connectivity index (χ1n) is 9.73. The Labute approximate surface area is 173 Å². The van der Waals surface area contributed by atoms with Crippen molar-refractivity contribution >= 4 is 22.8 Å². The fourth-order valence-corrected chi connectivity index (χ4v) is 3.13. The molecule has 0 atom stereocenters. The minimum absolute atomic E-state index is 0.113. The van der Waals surface area contributed by atoms with E-state index in [1.54, 1.807) is 29.1 Å². The fraction of sp³-hybridized carbons (Fsp3) is 0.273. The largest absolute Gasteiger partial charge is 0.419 e. The molecule has 154 valence electrons. The first-order valence-corrected chi connectivity index (χ1v) is 9.73. The van der Waals surface area contributed by atoms with E-state index in [1.807, 2.05) is 30.3 Å². The minimum Gasteiger partial charge on any atom is -0.408 e. The third-order valence-corrected chi connectivity index (χ3v) is 4.75. The monoisotopic (exact) mass is 405 g/mol. The van der Waals surface area contributed by atoms with Crippen molar-refractivity contribution < 1.29 is 9.21 Å². The summed E-state index contributed by atoms with van der Waals surface area (Å²) in [5, 5.41) is 7.55. The van der Waals surface area contributed by atoms with Crippen molar-refractivity contribution in [1.29, 1.82) is 0 Å². The van der Waals surface area contributed by atoms with Crippen LogP contribution in [-0.4, -0.2) is 25.2 Å². The van der Waals surface area contributed by atoms with Crippen LogP contribution in [0.1, 0.15) is 32.9 Å². The number of benzene rings is 1. The number of amides is 1. The molecule has 0 radical (unpaired) electrons. The van der Waals surface area contributed by atoms with Gasteiger partial charge in [0.15, 0.2) is 11.4 Å². The highest BCUT2D eigenvalue weighted by Gasteiger charge is 2.22. The van der Waals surface area contributed by atoms with Crippen molar-refractivity contribution in [3.05, 3.63) is 71.0 Å². The van der Waals surface area contributed by atoms with Gasteiger partial charge in [-0.1, -0.05) is 39.0 Å². The number of oxazole rings is 1. The third kappa shape index (κ3) is 3.89. The molecule has 3 aromatic heterocycles. The molecular formula is C22H23N5O3. The topological polar surface area (TPSA) is 95.0 Å². The van der Waals surface area contributed by atoms with E-state index >= 15 is 0 Å². The van der Waals surface area contributed by atoms with Gasteiger partial charge in [0.2, 0.25) is 5.91 Å². The number of aromatic nitrogens is 4. The number of nitrogens with one attached hydrogen (secondary N) is 1. The van der Waals surface area contributed by atoms with Gasteiger partial charge in [0.1, 0.15) is 5.82 Å². The van der Waals surface area contributed by atoms with Gasteiger partial charge in [0.05, 0.1) is 11.2 Å². The normalized spacial score (nSPS) is 11.7. The van der Waals surface area contributed by atoms with Crippen LogP contribution >= 0.6 is 0 Å². The quantitative estimate of drug-likeness (QED) is 0.548. The average Bonchev–Trinajstić information content (AvgIpc) is 3.27. The van der Waals surface area contributed by atoms with Gasteiger partial charge < -0.3 is 9.73 Å². The van der Waals surface area contributed by atoms with Crippen LogP contribution in [-0.2, 0) is 16.8 Å². The molecule has 8 nitrogen and oxygen atoms in total. The van der Waals surface area contributed by atoms with Crippen LogP contribution in [0.25, 0.3) is 16.9 Å². The van der Waals surface area contributed by atoms with E-state index in [2.05, 4.69) is 36.2 Å². The zero-order valence-corrected chi connectivity index (χ0v) is 17.1. The second kappa shape index (κ2) is 7.62. The number of carbonyl (C=O) groups is 1. The number of nitrogens with zero attached hydrogens (tertiary/aromatic N) is 4. The zero-order valence-electron chi connectivity index (χ0n) is 17.1. The van der Waals surface area contributed by atoms with Crippen molar-refractivity contribution in [3.63, 3.8) is 0 Å². The van der Waals surface area contributed by atoms with Crippen molar-refractivity contribution in [3.8, 4) is 5.82 Å². The summed E-state index contributed by atoms with van der Waals surface area (Å²) >= 11 is 0. The summed E-state index contributed by atoms with van der Waals surface area (Å²) in [7, 11) is 0. The van der Waals surface area contributed by atoms with E-state index in [1.165, 1.54) is 4.57 Å². The molecule has 0 aliphatic carbocycles. The van der Waals surface area contributed by atoms with Crippen molar-refractivity contribution in [2.24, 2.45) is 0 Å². The molecule has 4 aromatic rings. The van der Waals surface area contributed by atoms with Gasteiger partial charge in [0.25, 0.3) is 0 Å². The summed E-state index contributed by atoms with van der Waals surface area (Å²) in [6.45, 7) is 6.38. The molecule has 30 heavy (non-hydrogen) atoms. The predicted molar refractivity (Wildman–Crippen MR) is 114 cm³/mol. The Kier molecular flexibility index (Phi) is 4.99. The molecule has 0 aliphatic rings. The number of aryl methyl sites for hydroxylation is 1. The molecule has 0 unspecified atom stereocenters. The maximum atomic E-state index is 12.7. The van der Waals surface area contributed by atoms with Crippen LogP contribution in [0.3, 0.4) is 0 Å². The predicted octanol–water partition coefficient (Wildman–Crippen LogP) is 3.50. The van der Waals surface area contributed by atoms with Crippen molar-refractivity contribution in [1.82, 2.24) is 19.3 Å². The number of hydrogen-bond donors (Lipinski definition) is 1. The highest BCUT2D eigenvalue weighted by molar-refractivity contribution is 5.90. The van der Waals surface area contributed by atoms with E-state index in [9.17, 15) is 9.59 Å². The van der Waals surface area contributed by atoms with Crippen molar-refractivity contribution in [2.75, 3.05) is 5.32 Å². The summed E-state index contributed by atoms with van der Waals surface area (Å²) in [6, 6.07) is 14.5. The number of para-hydroxylation sites is 2. The van der Waals surface area contributed by atoms with Crippen LogP contribution in [0.2, 0.25) is 0 Å². The summed E-state index contributed by atoms with van der Waals surface area (Å²) < 4.78 is 8.31. The van der Waals surface area contributed by atoms with Crippen molar-refractivity contribution in [2.45, 2.75) is 39.2 Å². The second-order valence-corrected chi connectivity index (χ2v) is 8.05. The Hall–Kier alpha value is -3.68. The Balaban J connectivity index is 1.56.